The Labute approximate surface area is 108 Å². The van der Waals surface area contributed by atoms with Crippen molar-refractivity contribution in [2.24, 2.45) is 5.92 Å². The van der Waals surface area contributed by atoms with E-state index in [-0.39, 0.29) is 5.91 Å². The van der Waals surface area contributed by atoms with Gasteiger partial charge in [-0.1, -0.05) is 30.8 Å². The standard InChI is InChI=1S/C14H22N2O2/c1-10-13(11(2)18-16-10)14(17)15-9-5-8-12-6-3-4-7-12/h12H,3-9H2,1-2H3,(H,15,17). The van der Waals surface area contributed by atoms with Crippen molar-refractivity contribution in [3.63, 3.8) is 0 Å². The molecule has 0 radical (unpaired) electrons. The summed E-state index contributed by atoms with van der Waals surface area (Å²) in [6.07, 6.45) is 7.82. The highest BCUT2D eigenvalue weighted by Crippen LogP contribution is 2.28. The van der Waals surface area contributed by atoms with E-state index in [4.69, 9.17) is 4.52 Å². The molecule has 0 unspecified atom stereocenters. The van der Waals surface area contributed by atoms with E-state index in [0.717, 1.165) is 18.9 Å². The maximum absolute atomic E-state index is 11.9. The molecule has 1 aliphatic rings. The van der Waals surface area contributed by atoms with E-state index < -0.39 is 0 Å². The molecule has 1 saturated carbocycles. The predicted molar refractivity (Wildman–Crippen MR) is 69.5 cm³/mol. The van der Waals surface area contributed by atoms with Crippen molar-refractivity contribution in [3.8, 4) is 0 Å². The van der Waals surface area contributed by atoms with Crippen molar-refractivity contribution < 1.29 is 9.32 Å². The van der Waals surface area contributed by atoms with Gasteiger partial charge >= 0.3 is 0 Å². The van der Waals surface area contributed by atoms with Crippen LogP contribution >= 0.6 is 0 Å². The Balaban J connectivity index is 1.71. The summed E-state index contributed by atoms with van der Waals surface area (Å²) in [5.74, 6) is 1.43. The molecule has 4 nitrogen and oxygen atoms in total. The summed E-state index contributed by atoms with van der Waals surface area (Å²) < 4.78 is 4.99. The lowest BCUT2D eigenvalue weighted by atomic mass is 10.0. The number of aromatic nitrogens is 1. The zero-order chi connectivity index (χ0) is 13.0. The minimum absolute atomic E-state index is 0.0577. The lowest BCUT2D eigenvalue weighted by Crippen LogP contribution is -2.25. The second kappa shape index (κ2) is 6.03. The van der Waals surface area contributed by atoms with Crippen molar-refractivity contribution in [2.45, 2.75) is 52.4 Å². The van der Waals surface area contributed by atoms with Gasteiger partial charge in [0.05, 0.1) is 5.69 Å². The number of hydrogen-bond donors (Lipinski definition) is 1. The van der Waals surface area contributed by atoms with Gasteiger partial charge in [0, 0.05) is 6.54 Å². The summed E-state index contributed by atoms with van der Waals surface area (Å²) in [6.45, 7) is 4.32. The average molecular weight is 250 g/mol. The van der Waals surface area contributed by atoms with Crippen LogP contribution in [0, 0.1) is 19.8 Å². The maximum atomic E-state index is 11.9. The fourth-order valence-electron chi connectivity index (χ4n) is 2.79. The topological polar surface area (TPSA) is 55.1 Å². The quantitative estimate of drug-likeness (QED) is 0.817. The highest BCUT2D eigenvalue weighted by molar-refractivity contribution is 5.96. The van der Waals surface area contributed by atoms with Gasteiger partial charge in [-0.05, 0) is 32.6 Å². The summed E-state index contributed by atoms with van der Waals surface area (Å²) in [6, 6.07) is 0. The molecule has 1 fully saturated rings. The lowest BCUT2D eigenvalue weighted by molar-refractivity contribution is 0.0950. The summed E-state index contributed by atoms with van der Waals surface area (Å²) in [4.78, 5) is 11.9. The molecule has 4 heteroatoms. The number of carbonyl (C=O) groups is 1. The molecule has 0 aliphatic heterocycles. The van der Waals surface area contributed by atoms with E-state index in [1.165, 1.54) is 32.1 Å². The van der Waals surface area contributed by atoms with E-state index in [9.17, 15) is 4.79 Å². The van der Waals surface area contributed by atoms with Gasteiger partial charge in [-0.15, -0.1) is 0 Å². The summed E-state index contributed by atoms with van der Waals surface area (Å²) in [5, 5.41) is 6.74. The number of rotatable bonds is 5. The first kappa shape index (κ1) is 13.1. The van der Waals surface area contributed by atoms with E-state index in [0.29, 0.717) is 17.0 Å². The molecule has 0 spiro atoms. The Morgan fingerprint density at radius 2 is 2.11 bits per heavy atom. The van der Waals surface area contributed by atoms with Crippen LogP contribution in [-0.4, -0.2) is 17.6 Å². The van der Waals surface area contributed by atoms with Gasteiger partial charge in [-0.3, -0.25) is 4.79 Å². The number of carbonyl (C=O) groups excluding carboxylic acids is 1. The number of hydrogen-bond acceptors (Lipinski definition) is 3. The second-order valence-electron chi connectivity index (χ2n) is 5.25. The maximum Gasteiger partial charge on any atom is 0.256 e. The van der Waals surface area contributed by atoms with Crippen molar-refractivity contribution in [1.82, 2.24) is 10.5 Å². The van der Waals surface area contributed by atoms with Gasteiger partial charge in [0.25, 0.3) is 5.91 Å². The van der Waals surface area contributed by atoms with Crippen LogP contribution in [0.4, 0.5) is 0 Å². The highest BCUT2D eigenvalue weighted by atomic mass is 16.5. The van der Waals surface area contributed by atoms with Crippen LogP contribution in [0.5, 0.6) is 0 Å². The van der Waals surface area contributed by atoms with Gasteiger partial charge in [0.1, 0.15) is 11.3 Å². The van der Waals surface area contributed by atoms with Gasteiger partial charge in [-0.2, -0.15) is 0 Å². The van der Waals surface area contributed by atoms with Crippen molar-refractivity contribution in [2.75, 3.05) is 6.54 Å². The Morgan fingerprint density at radius 3 is 2.72 bits per heavy atom. The van der Waals surface area contributed by atoms with Crippen LogP contribution in [0.15, 0.2) is 4.52 Å². The van der Waals surface area contributed by atoms with Crippen LogP contribution in [0.2, 0.25) is 0 Å². The highest BCUT2D eigenvalue weighted by Gasteiger charge is 2.17. The fraction of sp³-hybridized carbons (Fsp3) is 0.714. The Hall–Kier alpha value is -1.32. The third kappa shape index (κ3) is 3.12. The molecule has 0 atom stereocenters. The van der Waals surface area contributed by atoms with E-state index in [1.54, 1.807) is 13.8 Å². The molecule has 1 heterocycles. The molecule has 1 aromatic heterocycles. The van der Waals surface area contributed by atoms with Crippen LogP contribution in [0.3, 0.4) is 0 Å². The van der Waals surface area contributed by atoms with Crippen molar-refractivity contribution >= 4 is 5.91 Å². The molecule has 2 rings (SSSR count). The third-order valence-electron chi connectivity index (χ3n) is 3.81. The molecule has 0 saturated heterocycles. The number of nitrogens with zero attached hydrogens (tertiary/aromatic N) is 1. The minimum Gasteiger partial charge on any atom is -0.361 e. The van der Waals surface area contributed by atoms with Crippen LogP contribution in [0.1, 0.15) is 60.3 Å². The predicted octanol–water partition coefficient (Wildman–Crippen LogP) is 2.99. The van der Waals surface area contributed by atoms with Crippen molar-refractivity contribution in [1.29, 1.82) is 0 Å². The minimum atomic E-state index is -0.0577. The first-order valence-electron chi connectivity index (χ1n) is 6.89. The molecular formula is C14H22N2O2. The van der Waals surface area contributed by atoms with E-state index in [1.807, 2.05) is 0 Å². The zero-order valence-corrected chi connectivity index (χ0v) is 11.3. The number of nitrogens with one attached hydrogen (secondary N) is 1. The second-order valence-corrected chi connectivity index (χ2v) is 5.25. The third-order valence-corrected chi connectivity index (χ3v) is 3.81. The van der Waals surface area contributed by atoms with Crippen LogP contribution in [0.25, 0.3) is 0 Å². The summed E-state index contributed by atoms with van der Waals surface area (Å²) in [7, 11) is 0. The number of amides is 1. The Bertz CT molecular complexity index is 386. The molecule has 1 aromatic rings. The first-order chi connectivity index (χ1) is 8.68. The molecule has 0 aromatic carbocycles. The molecule has 18 heavy (non-hydrogen) atoms. The Morgan fingerprint density at radius 1 is 1.39 bits per heavy atom. The number of aryl methyl sites for hydroxylation is 2. The molecular weight excluding hydrogens is 228 g/mol. The monoisotopic (exact) mass is 250 g/mol. The molecule has 0 bridgehead atoms. The largest absolute Gasteiger partial charge is 0.361 e. The van der Waals surface area contributed by atoms with Gasteiger partial charge in [0.15, 0.2) is 0 Å². The van der Waals surface area contributed by atoms with E-state index in [2.05, 4.69) is 10.5 Å². The molecule has 1 aliphatic carbocycles. The molecule has 1 N–H and O–H groups in total. The fourth-order valence-corrected chi connectivity index (χ4v) is 2.79. The SMILES string of the molecule is Cc1noc(C)c1C(=O)NCCCC1CCCC1. The normalized spacial score (nSPS) is 16.1. The average Bonchev–Trinajstić information content (AvgIpc) is 2.95. The van der Waals surface area contributed by atoms with Gasteiger partial charge in [0.2, 0.25) is 0 Å². The van der Waals surface area contributed by atoms with E-state index >= 15 is 0 Å². The Kier molecular flexibility index (Phi) is 4.39. The molecule has 100 valence electrons. The lowest BCUT2D eigenvalue weighted by Gasteiger charge is -2.09. The first-order valence-corrected chi connectivity index (χ1v) is 6.89. The van der Waals surface area contributed by atoms with Crippen LogP contribution in [-0.2, 0) is 0 Å². The zero-order valence-electron chi connectivity index (χ0n) is 11.3. The summed E-state index contributed by atoms with van der Waals surface area (Å²) >= 11 is 0. The molecule has 1 amide bonds. The summed E-state index contributed by atoms with van der Waals surface area (Å²) in [5.41, 5.74) is 1.26. The van der Waals surface area contributed by atoms with Gasteiger partial charge < -0.3 is 9.84 Å². The van der Waals surface area contributed by atoms with Crippen LogP contribution < -0.4 is 5.32 Å². The van der Waals surface area contributed by atoms with Gasteiger partial charge in [-0.25, -0.2) is 0 Å². The smallest absolute Gasteiger partial charge is 0.256 e. The van der Waals surface area contributed by atoms with Crippen molar-refractivity contribution in [3.05, 3.63) is 17.0 Å².